The van der Waals surface area contributed by atoms with E-state index in [0.29, 0.717) is 19.7 Å². The van der Waals surface area contributed by atoms with Crippen molar-refractivity contribution in [2.45, 2.75) is 25.0 Å². The standard InChI is InChI=1S/C18H30N2O3/c1-18(21,15-20-8-10-23-11-9-20)14-19-17(13-22-2)12-16-6-4-3-5-7-16/h3-7,17,19,21H,8-15H2,1-2H3. The third-order valence-corrected chi connectivity index (χ3v) is 4.13. The minimum absolute atomic E-state index is 0.193. The number of nitrogens with zero attached hydrogens (tertiary/aromatic N) is 1. The number of ether oxygens (including phenoxy) is 2. The minimum atomic E-state index is -0.764. The minimum Gasteiger partial charge on any atom is -0.388 e. The van der Waals surface area contributed by atoms with E-state index < -0.39 is 5.60 Å². The number of aliphatic hydroxyl groups is 1. The van der Waals surface area contributed by atoms with Gasteiger partial charge in [0.15, 0.2) is 0 Å². The third-order valence-electron chi connectivity index (χ3n) is 4.13. The molecule has 1 saturated heterocycles. The fourth-order valence-corrected chi connectivity index (χ4v) is 2.95. The predicted octanol–water partition coefficient (Wildman–Crippen LogP) is 0.917. The van der Waals surface area contributed by atoms with Crippen LogP contribution in [0.4, 0.5) is 0 Å². The Labute approximate surface area is 139 Å². The van der Waals surface area contributed by atoms with E-state index in [-0.39, 0.29) is 6.04 Å². The predicted molar refractivity (Wildman–Crippen MR) is 91.7 cm³/mol. The highest BCUT2D eigenvalue weighted by atomic mass is 16.5. The molecule has 5 nitrogen and oxygen atoms in total. The lowest BCUT2D eigenvalue weighted by Crippen LogP contribution is -2.52. The molecule has 1 fully saturated rings. The number of hydrogen-bond donors (Lipinski definition) is 2. The van der Waals surface area contributed by atoms with Crippen LogP contribution in [0.1, 0.15) is 12.5 Å². The lowest BCUT2D eigenvalue weighted by atomic mass is 10.0. The summed E-state index contributed by atoms with van der Waals surface area (Å²) in [7, 11) is 1.71. The first-order valence-corrected chi connectivity index (χ1v) is 8.38. The quantitative estimate of drug-likeness (QED) is 0.708. The highest BCUT2D eigenvalue weighted by molar-refractivity contribution is 5.16. The van der Waals surface area contributed by atoms with Crippen molar-refractivity contribution < 1.29 is 14.6 Å². The average molecular weight is 322 g/mol. The Balaban J connectivity index is 1.81. The molecule has 23 heavy (non-hydrogen) atoms. The number of hydrogen-bond acceptors (Lipinski definition) is 5. The van der Waals surface area contributed by atoms with Crippen LogP contribution in [0.5, 0.6) is 0 Å². The van der Waals surface area contributed by atoms with Crippen LogP contribution in [-0.2, 0) is 15.9 Å². The van der Waals surface area contributed by atoms with E-state index in [0.717, 1.165) is 32.7 Å². The molecule has 0 aliphatic carbocycles. The number of benzene rings is 1. The molecular weight excluding hydrogens is 292 g/mol. The summed E-state index contributed by atoms with van der Waals surface area (Å²) in [6.07, 6.45) is 0.891. The number of morpholine rings is 1. The largest absolute Gasteiger partial charge is 0.388 e. The van der Waals surface area contributed by atoms with E-state index in [4.69, 9.17) is 9.47 Å². The maximum atomic E-state index is 10.7. The van der Waals surface area contributed by atoms with Gasteiger partial charge in [-0.05, 0) is 18.9 Å². The summed E-state index contributed by atoms with van der Waals surface area (Å²) in [6.45, 7) is 7.01. The number of methoxy groups -OCH3 is 1. The molecule has 1 aromatic carbocycles. The van der Waals surface area contributed by atoms with Crippen molar-refractivity contribution >= 4 is 0 Å². The van der Waals surface area contributed by atoms with Gasteiger partial charge in [0.1, 0.15) is 0 Å². The van der Waals surface area contributed by atoms with Crippen LogP contribution in [0.3, 0.4) is 0 Å². The topological polar surface area (TPSA) is 54.0 Å². The third kappa shape index (κ3) is 6.97. The Morgan fingerprint density at radius 2 is 2.00 bits per heavy atom. The molecule has 1 aromatic rings. The molecule has 1 aliphatic heterocycles. The highest BCUT2D eigenvalue weighted by Gasteiger charge is 2.26. The monoisotopic (exact) mass is 322 g/mol. The van der Waals surface area contributed by atoms with Gasteiger partial charge < -0.3 is 19.9 Å². The van der Waals surface area contributed by atoms with Gasteiger partial charge >= 0.3 is 0 Å². The van der Waals surface area contributed by atoms with Gasteiger partial charge in [-0.15, -0.1) is 0 Å². The average Bonchev–Trinajstić information content (AvgIpc) is 2.54. The Morgan fingerprint density at radius 3 is 2.65 bits per heavy atom. The van der Waals surface area contributed by atoms with Gasteiger partial charge in [-0.25, -0.2) is 0 Å². The van der Waals surface area contributed by atoms with E-state index in [2.05, 4.69) is 22.3 Å². The SMILES string of the molecule is COCC(Cc1ccccc1)NCC(C)(O)CN1CCOCC1. The van der Waals surface area contributed by atoms with Crippen LogP contribution in [-0.4, -0.2) is 74.8 Å². The smallest absolute Gasteiger partial charge is 0.0869 e. The van der Waals surface area contributed by atoms with Gasteiger partial charge in [0.05, 0.1) is 25.4 Å². The van der Waals surface area contributed by atoms with Crippen molar-refractivity contribution in [2.75, 3.05) is 53.1 Å². The molecule has 130 valence electrons. The Kier molecular flexibility index (Phi) is 7.46. The zero-order valence-corrected chi connectivity index (χ0v) is 14.3. The van der Waals surface area contributed by atoms with Crippen molar-refractivity contribution in [3.63, 3.8) is 0 Å². The van der Waals surface area contributed by atoms with Crippen molar-refractivity contribution in [3.8, 4) is 0 Å². The molecular formula is C18H30N2O3. The molecule has 0 aromatic heterocycles. The van der Waals surface area contributed by atoms with Crippen LogP contribution < -0.4 is 5.32 Å². The summed E-state index contributed by atoms with van der Waals surface area (Å²) in [5.74, 6) is 0. The fraction of sp³-hybridized carbons (Fsp3) is 0.667. The molecule has 5 heteroatoms. The molecule has 2 rings (SSSR count). The van der Waals surface area contributed by atoms with E-state index in [1.54, 1.807) is 7.11 Å². The molecule has 0 bridgehead atoms. The molecule has 0 radical (unpaired) electrons. The van der Waals surface area contributed by atoms with Crippen LogP contribution in [0.2, 0.25) is 0 Å². The fourth-order valence-electron chi connectivity index (χ4n) is 2.95. The van der Waals surface area contributed by atoms with Crippen molar-refractivity contribution in [2.24, 2.45) is 0 Å². The molecule has 0 spiro atoms. The van der Waals surface area contributed by atoms with Crippen molar-refractivity contribution in [1.82, 2.24) is 10.2 Å². The van der Waals surface area contributed by atoms with Crippen LogP contribution in [0.15, 0.2) is 30.3 Å². The normalized spacial score (nSPS) is 20.1. The molecule has 2 atom stereocenters. The van der Waals surface area contributed by atoms with Gasteiger partial charge in [-0.1, -0.05) is 30.3 Å². The van der Waals surface area contributed by atoms with Crippen LogP contribution in [0.25, 0.3) is 0 Å². The summed E-state index contributed by atoms with van der Waals surface area (Å²) < 4.78 is 10.7. The molecule has 1 heterocycles. The Morgan fingerprint density at radius 1 is 1.30 bits per heavy atom. The van der Waals surface area contributed by atoms with Gasteiger partial charge in [-0.2, -0.15) is 0 Å². The first kappa shape index (κ1) is 18.4. The van der Waals surface area contributed by atoms with Gasteiger partial charge in [0, 0.05) is 39.3 Å². The first-order valence-electron chi connectivity index (χ1n) is 8.38. The summed E-state index contributed by atoms with van der Waals surface area (Å²) in [6, 6.07) is 10.6. The van der Waals surface area contributed by atoms with E-state index in [9.17, 15) is 5.11 Å². The zero-order valence-electron chi connectivity index (χ0n) is 14.3. The van der Waals surface area contributed by atoms with E-state index in [1.165, 1.54) is 5.56 Å². The Hall–Kier alpha value is -0.980. The summed E-state index contributed by atoms with van der Waals surface area (Å²) in [5, 5.41) is 14.1. The molecule has 0 saturated carbocycles. The first-order chi connectivity index (χ1) is 11.1. The second kappa shape index (κ2) is 9.35. The number of β-amino-alcohol motifs (C(OH)–C–C–N with tert-alkyl or cyclic N) is 1. The maximum Gasteiger partial charge on any atom is 0.0869 e. The number of rotatable bonds is 9. The lowest BCUT2D eigenvalue weighted by molar-refractivity contribution is -0.0238. The molecule has 1 aliphatic rings. The lowest BCUT2D eigenvalue weighted by Gasteiger charge is -2.35. The van der Waals surface area contributed by atoms with Gasteiger partial charge in [0.2, 0.25) is 0 Å². The maximum absolute atomic E-state index is 10.7. The second-order valence-electron chi connectivity index (χ2n) is 6.61. The van der Waals surface area contributed by atoms with E-state index >= 15 is 0 Å². The molecule has 0 amide bonds. The van der Waals surface area contributed by atoms with Gasteiger partial charge in [0.25, 0.3) is 0 Å². The number of nitrogens with one attached hydrogen (secondary N) is 1. The summed E-state index contributed by atoms with van der Waals surface area (Å²) in [4.78, 5) is 2.26. The zero-order chi connectivity index (χ0) is 16.5. The van der Waals surface area contributed by atoms with Crippen LogP contribution >= 0.6 is 0 Å². The highest BCUT2D eigenvalue weighted by Crippen LogP contribution is 2.09. The molecule has 2 N–H and O–H groups in total. The van der Waals surface area contributed by atoms with Crippen LogP contribution in [0, 0.1) is 0 Å². The Bertz CT molecular complexity index is 433. The summed E-state index contributed by atoms with van der Waals surface area (Å²) >= 11 is 0. The van der Waals surface area contributed by atoms with Crippen molar-refractivity contribution in [1.29, 1.82) is 0 Å². The van der Waals surface area contributed by atoms with Crippen molar-refractivity contribution in [3.05, 3.63) is 35.9 Å². The van der Waals surface area contributed by atoms with Gasteiger partial charge in [-0.3, -0.25) is 4.90 Å². The van der Waals surface area contributed by atoms with E-state index in [1.807, 2.05) is 25.1 Å². The molecule has 2 unspecified atom stereocenters. The second-order valence-corrected chi connectivity index (χ2v) is 6.61. The summed E-state index contributed by atoms with van der Waals surface area (Å²) in [5.41, 5.74) is 0.509.